The summed E-state index contributed by atoms with van der Waals surface area (Å²) in [4.78, 5) is 16.5. The van der Waals surface area contributed by atoms with Gasteiger partial charge >= 0.3 is 6.03 Å². The zero-order valence-electron chi connectivity index (χ0n) is 12.0. The van der Waals surface area contributed by atoms with E-state index >= 15 is 0 Å². The van der Waals surface area contributed by atoms with Gasteiger partial charge in [0.1, 0.15) is 0 Å². The lowest BCUT2D eigenvalue weighted by molar-refractivity contribution is 0.158. The molecule has 2 unspecified atom stereocenters. The van der Waals surface area contributed by atoms with Crippen LogP contribution in [0, 0.1) is 0 Å². The van der Waals surface area contributed by atoms with Gasteiger partial charge in [-0.15, -0.1) is 0 Å². The summed E-state index contributed by atoms with van der Waals surface area (Å²) in [7, 11) is 0. The number of nitrogens with one attached hydrogen (secondary N) is 1. The van der Waals surface area contributed by atoms with Crippen LogP contribution >= 0.6 is 0 Å². The molecule has 2 atom stereocenters. The van der Waals surface area contributed by atoms with Crippen LogP contribution in [-0.4, -0.2) is 65.8 Å². The molecule has 2 saturated heterocycles. The van der Waals surface area contributed by atoms with E-state index in [1.54, 1.807) is 4.90 Å². The van der Waals surface area contributed by atoms with Gasteiger partial charge in [-0.3, -0.25) is 4.90 Å². The molecule has 2 aliphatic heterocycles. The molecular formula is C14H27N3O2. The Morgan fingerprint density at radius 1 is 1.32 bits per heavy atom. The van der Waals surface area contributed by atoms with E-state index in [0.717, 1.165) is 19.4 Å². The van der Waals surface area contributed by atoms with Gasteiger partial charge in [0.15, 0.2) is 0 Å². The van der Waals surface area contributed by atoms with E-state index in [0.29, 0.717) is 25.2 Å². The fourth-order valence-corrected chi connectivity index (χ4v) is 3.37. The third-order valence-corrected chi connectivity index (χ3v) is 4.32. The van der Waals surface area contributed by atoms with Crippen LogP contribution in [0.3, 0.4) is 0 Å². The fraction of sp³-hybridized carbons (Fsp3) is 0.929. The molecule has 2 aliphatic rings. The number of nitrogens with zero attached hydrogens (tertiary/aromatic N) is 2. The molecule has 5 heteroatoms. The van der Waals surface area contributed by atoms with Crippen molar-refractivity contribution < 1.29 is 9.90 Å². The van der Waals surface area contributed by atoms with Gasteiger partial charge in [-0.1, -0.05) is 13.3 Å². The molecule has 2 heterocycles. The highest BCUT2D eigenvalue weighted by molar-refractivity contribution is 5.74. The normalized spacial score (nSPS) is 27.1. The SMILES string of the molecule is CCCN(CCO)C(=O)NC1CCN2CCCCC12. The highest BCUT2D eigenvalue weighted by Crippen LogP contribution is 2.27. The number of aliphatic hydroxyl groups excluding tert-OH is 1. The topological polar surface area (TPSA) is 55.8 Å². The van der Waals surface area contributed by atoms with E-state index in [-0.39, 0.29) is 12.6 Å². The number of urea groups is 1. The second kappa shape index (κ2) is 7.10. The Kier molecular flexibility index (Phi) is 5.45. The van der Waals surface area contributed by atoms with Crippen molar-refractivity contribution in [3.63, 3.8) is 0 Å². The number of aliphatic hydroxyl groups is 1. The molecule has 0 bridgehead atoms. The fourth-order valence-electron chi connectivity index (χ4n) is 3.37. The van der Waals surface area contributed by atoms with Gasteiger partial charge in [0.25, 0.3) is 0 Å². The van der Waals surface area contributed by atoms with Gasteiger partial charge in [-0.05, 0) is 32.2 Å². The third kappa shape index (κ3) is 3.60. The Balaban J connectivity index is 1.87. The number of fused-ring (bicyclic) bond motifs is 1. The molecule has 5 nitrogen and oxygen atoms in total. The lowest BCUT2D eigenvalue weighted by Crippen LogP contribution is -2.51. The number of piperidine rings is 1. The van der Waals surface area contributed by atoms with Gasteiger partial charge in [-0.2, -0.15) is 0 Å². The lowest BCUT2D eigenvalue weighted by atomic mass is 9.99. The Labute approximate surface area is 115 Å². The predicted molar refractivity (Wildman–Crippen MR) is 75.1 cm³/mol. The Morgan fingerprint density at radius 3 is 2.89 bits per heavy atom. The summed E-state index contributed by atoms with van der Waals surface area (Å²) in [6.45, 7) is 5.54. The maximum Gasteiger partial charge on any atom is 0.317 e. The van der Waals surface area contributed by atoms with Crippen molar-refractivity contribution in [3.8, 4) is 0 Å². The van der Waals surface area contributed by atoms with E-state index in [4.69, 9.17) is 5.11 Å². The predicted octanol–water partition coefficient (Wildman–Crippen LogP) is 1.03. The Morgan fingerprint density at radius 2 is 2.16 bits per heavy atom. The van der Waals surface area contributed by atoms with Gasteiger partial charge in [0, 0.05) is 31.7 Å². The van der Waals surface area contributed by atoms with Crippen molar-refractivity contribution in [2.24, 2.45) is 0 Å². The third-order valence-electron chi connectivity index (χ3n) is 4.32. The molecule has 2 amide bonds. The van der Waals surface area contributed by atoms with Gasteiger partial charge in [0.2, 0.25) is 0 Å². The quantitative estimate of drug-likeness (QED) is 0.784. The standard InChI is InChI=1S/C14H27N3O2/c1-2-7-17(10-11-18)14(19)15-12-6-9-16-8-4-3-5-13(12)16/h12-13,18H,2-11H2,1H3,(H,15,19). The van der Waals surface area contributed by atoms with Crippen LogP contribution in [0.2, 0.25) is 0 Å². The van der Waals surface area contributed by atoms with Crippen LogP contribution in [0.5, 0.6) is 0 Å². The van der Waals surface area contributed by atoms with Crippen molar-refractivity contribution >= 4 is 6.03 Å². The average Bonchev–Trinajstić information content (AvgIpc) is 2.82. The molecule has 0 aromatic heterocycles. The van der Waals surface area contributed by atoms with Crippen LogP contribution in [0.25, 0.3) is 0 Å². The van der Waals surface area contributed by atoms with Crippen molar-refractivity contribution in [2.45, 2.75) is 51.1 Å². The summed E-state index contributed by atoms with van der Waals surface area (Å²) in [6, 6.07) is 0.828. The van der Waals surface area contributed by atoms with Gasteiger partial charge < -0.3 is 15.3 Å². The summed E-state index contributed by atoms with van der Waals surface area (Å²) >= 11 is 0. The molecule has 2 rings (SSSR count). The number of rotatable bonds is 5. The lowest BCUT2D eigenvalue weighted by Gasteiger charge is -2.33. The number of carbonyl (C=O) groups is 1. The first-order valence-electron chi connectivity index (χ1n) is 7.66. The van der Waals surface area contributed by atoms with Crippen molar-refractivity contribution in [3.05, 3.63) is 0 Å². The molecule has 0 saturated carbocycles. The molecular weight excluding hydrogens is 242 g/mol. The van der Waals surface area contributed by atoms with Crippen molar-refractivity contribution in [1.82, 2.24) is 15.1 Å². The number of hydrogen-bond acceptors (Lipinski definition) is 3. The zero-order valence-corrected chi connectivity index (χ0v) is 12.0. The minimum absolute atomic E-state index is 0.00618. The van der Waals surface area contributed by atoms with E-state index in [1.165, 1.54) is 25.8 Å². The van der Waals surface area contributed by atoms with Crippen LogP contribution in [0.15, 0.2) is 0 Å². The monoisotopic (exact) mass is 269 g/mol. The maximum absolute atomic E-state index is 12.2. The first-order valence-corrected chi connectivity index (χ1v) is 7.66. The number of hydrogen-bond donors (Lipinski definition) is 2. The summed E-state index contributed by atoms with van der Waals surface area (Å²) in [5.74, 6) is 0. The highest BCUT2D eigenvalue weighted by atomic mass is 16.3. The highest BCUT2D eigenvalue weighted by Gasteiger charge is 2.36. The largest absolute Gasteiger partial charge is 0.395 e. The van der Waals surface area contributed by atoms with Crippen LogP contribution in [0.1, 0.15) is 39.0 Å². The number of amides is 2. The van der Waals surface area contributed by atoms with E-state index < -0.39 is 0 Å². The van der Waals surface area contributed by atoms with Crippen molar-refractivity contribution in [2.75, 3.05) is 32.8 Å². The summed E-state index contributed by atoms with van der Waals surface area (Å²) in [5.41, 5.74) is 0. The Bertz CT molecular complexity index is 292. The molecule has 0 radical (unpaired) electrons. The van der Waals surface area contributed by atoms with E-state index in [2.05, 4.69) is 17.1 Å². The zero-order chi connectivity index (χ0) is 13.7. The molecule has 0 aromatic rings. The minimum atomic E-state index is -0.00618. The second-order valence-electron chi connectivity index (χ2n) is 5.65. The summed E-state index contributed by atoms with van der Waals surface area (Å²) < 4.78 is 0. The first-order chi connectivity index (χ1) is 9.26. The van der Waals surface area contributed by atoms with Crippen LogP contribution < -0.4 is 5.32 Å². The Hall–Kier alpha value is -0.810. The smallest absolute Gasteiger partial charge is 0.317 e. The van der Waals surface area contributed by atoms with E-state index in [1.807, 2.05) is 0 Å². The molecule has 0 aliphatic carbocycles. The minimum Gasteiger partial charge on any atom is -0.395 e. The molecule has 2 N–H and O–H groups in total. The number of carbonyl (C=O) groups excluding carboxylic acids is 1. The summed E-state index contributed by atoms with van der Waals surface area (Å²) in [6.07, 6.45) is 5.77. The van der Waals surface area contributed by atoms with Gasteiger partial charge in [-0.25, -0.2) is 4.79 Å². The van der Waals surface area contributed by atoms with E-state index in [9.17, 15) is 4.79 Å². The molecule has 0 spiro atoms. The van der Waals surface area contributed by atoms with Gasteiger partial charge in [0.05, 0.1) is 6.61 Å². The molecule has 110 valence electrons. The van der Waals surface area contributed by atoms with Crippen LogP contribution in [-0.2, 0) is 0 Å². The summed E-state index contributed by atoms with van der Waals surface area (Å²) in [5, 5.41) is 12.2. The molecule has 19 heavy (non-hydrogen) atoms. The first kappa shape index (κ1) is 14.6. The molecule has 0 aromatic carbocycles. The van der Waals surface area contributed by atoms with Crippen molar-refractivity contribution in [1.29, 1.82) is 0 Å². The van der Waals surface area contributed by atoms with Crippen LogP contribution in [0.4, 0.5) is 4.79 Å². The molecule has 2 fully saturated rings. The second-order valence-corrected chi connectivity index (χ2v) is 5.65. The average molecular weight is 269 g/mol. The maximum atomic E-state index is 12.2.